The molecule has 0 radical (unpaired) electrons. The number of sulfonamides is 1. The number of carbonyl (C=O) groups excluding carboxylic acids is 1. The maximum Gasteiger partial charge on any atom is 0.336 e. The van der Waals surface area contributed by atoms with E-state index in [2.05, 4.69) is 20.7 Å². The molecule has 9 heteroatoms. The van der Waals surface area contributed by atoms with Crippen LogP contribution in [0.25, 0.3) is 0 Å². The van der Waals surface area contributed by atoms with Crippen LogP contribution in [0.2, 0.25) is 0 Å². The van der Waals surface area contributed by atoms with Crippen molar-refractivity contribution in [2.75, 3.05) is 6.54 Å². The van der Waals surface area contributed by atoms with Crippen molar-refractivity contribution in [1.29, 1.82) is 0 Å². The Balaban J connectivity index is 3.07. The number of amides is 1. The predicted molar refractivity (Wildman–Crippen MR) is 79.3 cm³/mol. The van der Waals surface area contributed by atoms with Gasteiger partial charge in [0.05, 0.1) is 15.9 Å². The van der Waals surface area contributed by atoms with Crippen LogP contribution in [0.5, 0.6) is 0 Å². The number of primary amides is 1. The predicted octanol–water partition coefficient (Wildman–Crippen LogP) is 0.937. The highest BCUT2D eigenvalue weighted by Crippen LogP contribution is 2.22. The lowest BCUT2D eigenvalue weighted by Crippen LogP contribution is -2.42. The molecule has 1 amide bonds. The highest BCUT2D eigenvalue weighted by atomic mass is 79.9. The lowest BCUT2D eigenvalue weighted by molar-refractivity contribution is -0.125. The zero-order valence-corrected chi connectivity index (χ0v) is 13.8. The summed E-state index contributed by atoms with van der Waals surface area (Å²) in [6, 6.07) is 3.62. The highest BCUT2D eigenvalue weighted by Gasteiger charge is 2.28. The number of rotatable bonds is 6. The summed E-state index contributed by atoms with van der Waals surface area (Å²) in [6.45, 7) is 2.81. The summed E-state index contributed by atoms with van der Waals surface area (Å²) in [5.74, 6) is -1.90. The minimum Gasteiger partial charge on any atom is -0.478 e. The molecular weight excluding hydrogens is 364 g/mol. The Morgan fingerprint density at radius 2 is 1.95 bits per heavy atom. The quantitative estimate of drug-likeness (QED) is 0.678. The summed E-state index contributed by atoms with van der Waals surface area (Å²) >= 11 is 3.03. The van der Waals surface area contributed by atoms with Crippen LogP contribution in [0.3, 0.4) is 0 Å². The zero-order chi connectivity index (χ0) is 16.4. The molecule has 0 spiro atoms. The van der Waals surface area contributed by atoms with Gasteiger partial charge in [-0.25, -0.2) is 17.9 Å². The van der Waals surface area contributed by atoms with Gasteiger partial charge in [0, 0.05) is 11.0 Å². The summed E-state index contributed by atoms with van der Waals surface area (Å²) in [6.07, 6.45) is 0. The summed E-state index contributed by atoms with van der Waals surface area (Å²) < 4.78 is 26.7. The number of carboxylic acids is 1. The molecule has 21 heavy (non-hydrogen) atoms. The van der Waals surface area contributed by atoms with Gasteiger partial charge >= 0.3 is 5.97 Å². The van der Waals surface area contributed by atoms with Gasteiger partial charge in [-0.15, -0.1) is 0 Å². The van der Waals surface area contributed by atoms with Crippen LogP contribution >= 0.6 is 15.9 Å². The first-order chi connectivity index (χ1) is 9.47. The molecule has 0 bridgehead atoms. The largest absolute Gasteiger partial charge is 0.478 e. The number of aromatic carboxylic acids is 1. The first-order valence-electron chi connectivity index (χ1n) is 5.80. The van der Waals surface area contributed by atoms with Crippen molar-refractivity contribution < 1.29 is 23.1 Å². The summed E-state index contributed by atoms with van der Waals surface area (Å²) in [7, 11) is -3.94. The molecule has 4 N–H and O–H groups in total. The maximum absolute atomic E-state index is 12.1. The van der Waals surface area contributed by atoms with E-state index in [1.807, 2.05) is 0 Å². The van der Waals surface area contributed by atoms with Gasteiger partial charge in [0.25, 0.3) is 0 Å². The van der Waals surface area contributed by atoms with E-state index in [9.17, 15) is 18.0 Å². The SMILES string of the molecule is CC(C)(CNS(=O)(=O)c1ccc(Br)c(C(=O)O)c1)C(N)=O. The van der Waals surface area contributed by atoms with Crippen molar-refractivity contribution in [2.45, 2.75) is 18.7 Å². The maximum atomic E-state index is 12.1. The Morgan fingerprint density at radius 3 is 2.43 bits per heavy atom. The van der Waals surface area contributed by atoms with Crippen LogP contribution in [-0.2, 0) is 14.8 Å². The fraction of sp³-hybridized carbons (Fsp3) is 0.333. The molecular formula is C12H15BrN2O5S. The molecule has 116 valence electrons. The van der Waals surface area contributed by atoms with Gasteiger partial charge in [-0.2, -0.15) is 0 Å². The van der Waals surface area contributed by atoms with Crippen LogP contribution in [-0.4, -0.2) is 31.9 Å². The van der Waals surface area contributed by atoms with Crippen LogP contribution in [0.1, 0.15) is 24.2 Å². The Kier molecular flexibility index (Phi) is 5.13. The Bertz CT molecular complexity index is 685. The minimum absolute atomic E-state index is 0.174. The number of benzene rings is 1. The number of carboxylic acid groups (broad SMARTS) is 1. The van der Waals surface area contributed by atoms with E-state index in [0.717, 1.165) is 6.07 Å². The van der Waals surface area contributed by atoms with E-state index in [4.69, 9.17) is 10.8 Å². The minimum atomic E-state index is -3.94. The second-order valence-corrected chi connectivity index (χ2v) is 7.64. The zero-order valence-electron chi connectivity index (χ0n) is 11.4. The number of hydrogen-bond acceptors (Lipinski definition) is 4. The van der Waals surface area contributed by atoms with Gasteiger partial charge in [-0.3, -0.25) is 4.79 Å². The number of nitrogens with one attached hydrogen (secondary N) is 1. The number of halogens is 1. The Labute approximate surface area is 130 Å². The van der Waals surface area contributed by atoms with Gasteiger partial charge in [0.1, 0.15) is 0 Å². The molecule has 0 fully saturated rings. The second-order valence-electron chi connectivity index (χ2n) is 5.02. The molecule has 1 aromatic rings. The topological polar surface area (TPSA) is 127 Å². The lowest BCUT2D eigenvalue weighted by atomic mass is 9.93. The number of nitrogens with two attached hydrogens (primary N) is 1. The van der Waals surface area contributed by atoms with E-state index in [1.54, 1.807) is 0 Å². The fourth-order valence-corrected chi connectivity index (χ4v) is 2.94. The molecule has 0 aliphatic carbocycles. The third-order valence-electron chi connectivity index (χ3n) is 2.85. The smallest absolute Gasteiger partial charge is 0.336 e. The standard InChI is InChI=1S/C12H15BrN2O5S/c1-12(2,11(14)18)6-15-21(19,20)7-3-4-9(13)8(5-7)10(16)17/h3-5,15H,6H2,1-2H3,(H2,14,18)(H,16,17). The first-order valence-corrected chi connectivity index (χ1v) is 8.07. The van der Waals surface area contributed by atoms with Crippen molar-refractivity contribution in [3.8, 4) is 0 Å². The van der Waals surface area contributed by atoms with Gasteiger partial charge in [0.2, 0.25) is 15.9 Å². The van der Waals surface area contributed by atoms with E-state index in [1.165, 1.54) is 26.0 Å². The third kappa shape index (κ3) is 4.26. The van der Waals surface area contributed by atoms with Gasteiger partial charge in [-0.1, -0.05) is 0 Å². The van der Waals surface area contributed by atoms with Crippen LogP contribution in [0.15, 0.2) is 27.6 Å². The highest BCUT2D eigenvalue weighted by molar-refractivity contribution is 9.10. The molecule has 0 aromatic heterocycles. The molecule has 0 aliphatic rings. The van der Waals surface area contributed by atoms with E-state index >= 15 is 0 Å². The van der Waals surface area contributed by atoms with Crippen molar-refractivity contribution in [2.24, 2.45) is 11.1 Å². The molecule has 0 atom stereocenters. The molecule has 0 aliphatic heterocycles. The van der Waals surface area contributed by atoms with Crippen LogP contribution in [0, 0.1) is 5.41 Å². The fourth-order valence-electron chi connectivity index (χ4n) is 1.28. The average molecular weight is 379 g/mol. The van der Waals surface area contributed by atoms with Crippen molar-refractivity contribution in [3.05, 3.63) is 28.2 Å². The molecule has 0 saturated carbocycles. The first kappa shape index (κ1) is 17.6. The van der Waals surface area contributed by atoms with Crippen LogP contribution in [0.4, 0.5) is 0 Å². The van der Waals surface area contributed by atoms with E-state index in [0.29, 0.717) is 0 Å². The molecule has 0 saturated heterocycles. The summed E-state index contributed by atoms with van der Waals surface area (Å²) in [4.78, 5) is 22.0. The molecule has 1 aromatic carbocycles. The molecule has 0 heterocycles. The Morgan fingerprint density at radius 1 is 1.38 bits per heavy atom. The molecule has 7 nitrogen and oxygen atoms in total. The van der Waals surface area contributed by atoms with Crippen molar-refractivity contribution in [3.63, 3.8) is 0 Å². The summed E-state index contributed by atoms with van der Waals surface area (Å²) in [5, 5.41) is 8.98. The Hall–Kier alpha value is -1.45. The molecule has 1 rings (SSSR count). The van der Waals surface area contributed by atoms with Gasteiger partial charge < -0.3 is 10.8 Å². The van der Waals surface area contributed by atoms with E-state index < -0.39 is 27.3 Å². The normalized spacial score (nSPS) is 12.1. The second kappa shape index (κ2) is 6.12. The van der Waals surface area contributed by atoms with E-state index in [-0.39, 0.29) is 21.5 Å². The lowest BCUT2D eigenvalue weighted by Gasteiger charge is -2.20. The molecule has 0 unspecified atom stereocenters. The van der Waals surface area contributed by atoms with Crippen molar-refractivity contribution >= 4 is 37.8 Å². The van der Waals surface area contributed by atoms with Gasteiger partial charge in [-0.05, 0) is 48.0 Å². The van der Waals surface area contributed by atoms with Gasteiger partial charge in [0.15, 0.2) is 0 Å². The average Bonchev–Trinajstić information content (AvgIpc) is 2.36. The summed E-state index contributed by atoms with van der Waals surface area (Å²) in [5.41, 5.74) is 3.93. The monoisotopic (exact) mass is 378 g/mol. The third-order valence-corrected chi connectivity index (χ3v) is 4.94. The van der Waals surface area contributed by atoms with Crippen molar-refractivity contribution in [1.82, 2.24) is 4.72 Å². The van der Waals surface area contributed by atoms with Crippen LogP contribution < -0.4 is 10.5 Å². The number of hydrogen-bond donors (Lipinski definition) is 3. The number of carbonyl (C=O) groups is 2.